The van der Waals surface area contributed by atoms with Crippen LogP contribution >= 0.6 is 0 Å². The van der Waals surface area contributed by atoms with Gasteiger partial charge in [-0.1, -0.05) is 25.5 Å². The normalized spacial score (nSPS) is 10.2. The van der Waals surface area contributed by atoms with Crippen LogP contribution in [0.25, 0.3) is 0 Å². The number of carbonyl (C=O) groups excluding carboxylic acids is 1. The van der Waals surface area contributed by atoms with Crippen molar-refractivity contribution in [1.82, 2.24) is 0 Å². The third-order valence-corrected chi connectivity index (χ3v) is 3.54. The van der Waals surface area contributed by atoms with Crippen LogP contribution in [-0.2, 0) is 0 Å². The highest BCUT2D eigenvalue weighted by molar-refractivity contribution is 6.05. The Morgan fingerprint density at radius 2 is 2.04 bits per heavy atom. The van der Waals surface area contributed by atoms with Gasteiger partial charge in [0.05, 0.1) is 17.2 Å². The number of nitrogens with zero attached hydrogens (tertiary/aromatic N) is 1. The maximum absolute atomic E-state index is 12.4. The predicted molar refractivity (Wildman–Crippen MR) is 92.6 cm³/mol. The minimum absolute atomic E-state index is 0.0625. The number of nitrogens with one attached hydrogen (secondary N) is 1. The largest absolute Gasteiger partial charge is 0.494 e. The third kappa shape index (κ3) is 4.55. The highest BCUT2D eigenvalue weighted by Gasteiger charge is 2.13. The van der Waals surface area contributed by atoms with E-state index in [9.17, 15) is 14.9 Å². The van der Waals surface area contributed by atoms with Crippen molar-refractivity contribution in [1.29, 1.82) is 0 Å². The van der Waals surface area contributed by atoms with E-state index < -0.39 is 4.92 Å². The molecule has 0 aromatic heterocycles. The molecule has 2 aromatic rings. The van der Waals surface area contributed by atoms with E-state index in [1.54, 1.807) is 37.3 Å². The van der Waals surface area contributed by atoms with Gasteiger partial charge in [-0.2, -0.15) is 0 Å². The molecule has 0 saturated carbocycles. The second-order valence-electron chi connectivity index (χ2n) is 5.44. The lowest BCUT2D eigenvalue weighted by Gasteiger charge is -2.10. The molecule has 0 atom stereocenters. The van der Waals surface area contributed by atoms with E-state index in [2.05, 4.69) is 12.2 Å². The topological polar surface area (TPSA) is 81.5 Å². The van der Waals surface area contributed by atoms with Crippen LogP contribution in [0, 0.1) is 17.0 Å². The molecule has 1 amide bonds. The molecule has 1 N–H and O–H groups in total. The number of ether oxygens (including phenoxy) is 1. The summed E-state index contributed by atoms with van der Waals surface area (Å²) in [5.74, 6) is 0.298. The van der Waals surface area contributed by atoms with Gasteiger partial charge in [0, 0.05) is 17.7 Å². The van der Waals surface area contributed by atoms with Crippen molar-refractivity contribution >= 4 is 17.3 Å². The maximum atomic E-state index is 12.4. The molecule has 2 rings (SSSR count). The Bertz CT molecular complexity index is 744. The number of unbranched alkanes of at least 4 members (excludes halogenated alkanes) is 1. The lowest BCUT2D eigenvalue weighted by Crippen LogP contribution is -2.13. The van der Waals surface area contributed by atoms with E-state index in [1.807, 2.05) is 0 Å². The molecular formula is C18H20N2O4. The summed E-state index contributed by atoms with van der Waals surface area (Å²) in [4.78, 5) is 22.8. The Kier molecular flexibility index (Phi) is 5.89. The molecule has 0 aliphatic heterocycles. The number of anilines is 1. The van der Waals surface area contributed by atoms with E-state index in [0.717, 1.165) is 18.4 Å². The average molecular weight is 328 g/mol. The average Bonchev–Trinajstić information content (AvgIpc) is 2.57. The third-order valence-electron chi connectivity index (χ3n) is 3.54. The summed E-state index contributed by atoms with van der Waals surface area (Å²) in [6.07, 6.45) is 1.98. The number of non-ortho nitro benzene ring substituents is 1. The van der Waals surface area contributed by atoms with Gasteiger partial charge in [-0.15, -0.1) is 0 Å². The highest BCUT2D eigenvalue weighted by Crippen LogP contribution is 2.23. The number of rotatable bonds is 7. The van der Waals surface area contributed by atoms with Crippen LogP contribution in [-0.4, -0.2) is 17.4 Å². The first-order valence-corrected chi connectivity index (χ1v) is 7.80. The number of carbonyl (C=O) groups is 1. The van der Waals surface area contributed by atoms with Crippen molar-refractivity contribution in [2.24, 2.45) is 0 Å². The number of amides is 1. The van der Waals surface area contributed by atoms with Crippen molar-refractivity contribution in [3.63, 3.8) is 0 Å². The van der Waals surface area contributed by atoms with Gasteiger partial charge in [0.1, 0.15) is 5.75 Å². The molecule has 0 radical (unpaired) electrons. The Morgan fingerprint density at radius 3 is 2.75 bits per heavy atom. The fourth-order valence-corrected chi connectivity index (χ4v) is 2.11. The van der Waals surface area contributed by atoms with E-state index >= 15 is 0 Å². The molecule has 0 unspecified atom stereocenters. The molecule has 0 aliphatic rings. The second-order valence-corrected chi connectivity index (χ2v) is 5.44. The fourth-order valence-electron chi connectivity index (χ4n) is 2.11. The van der Waals surface area contributed by atoms with Gasteiger partial charge in [-0.25, -0.2) is 0 Å². The summed E-state index contributed by atoms with van der Waals surface area (Å²) in [6.45, 7) is 4.46. The van der Waals surface area contributed by atoms with Gasteiger partial charge in [-0.05, 0) is 37.1 Å². The molecule has 2 aromatic carbocycles. The first kappa shape index (κ1) is 17.5. The van der Waals surface area contributed by atoms with Gasteiger partial charge in [-0.3, -0.25) is 14.9 Å². The fraction of sp³-hybridized carbons (Fsp3) is 0.278. The molecule has 6 heteroatoms. The molecule has 0 aliphatic carbocycles. The number of nitro benzene ring substituents is 1. The van der Waals surface area contributed by atoms with Crippen LogP contribution in [0.3, 0.4) is 0 Å². The summed E-state index contributed by atoms with van der Waals surface area (Å²) < 4.78 is 5.59. The van der Waals surface area contributed by atoms with Gasteiger partial charge < -0.3 is 10.1 Å². The zero-order valence-corrected chi connectivity index (χ0v) is 13.7. The van der Waals surface area contributed by atoms with Crippen molar-refractivity contribution in [3.8, 4) is 5.75 Å². The number of nitro groups is 1. The molecular weight excluding hydrogens is 308 g/mol. The quantitative estimate of drug-likeness (QED) is 0.466. The molecule has 0 spiro atoms. The molecule has 0 saturated heterocycles. The summed E-state index contributed by atoms with van der Waals surface area (Å²) in [6, 6.07) is 11.3. The van der Waals surface area contributed by atoms with Crippen LogP contribution in [0.5, 0.6) is 5.75 Å². The smallest absolute Gasteiger partial charge is 0.271 e. The summed E-state index contributed by atoms with van der Waals surface area (Å²) in [7, 11) is 0. The second kappa shape index (κ2) is 8.10. The minimum Gasteiger partial charge on any atom is -0.494 e. The lowest BCUT2D eigenvalue weighted by atomic mass is 10.1. The monoisotopic (exact) mass is 328 g/mol. The summed E-state index contributed by atoms with van der Waals surface area (Å²) >= 11 is 0. The zero-order valence-electron chi connectivity index (χ0n) is 13.7. The maximum Gasteiger partial charge on any atom is 0.271 e. The Morgan fingerprint density at radius 1 is 1.25 bits per heavy atom. The van der Waals surface area contributed by atoms with E-state index in [4.69, 9.17) is 4.74 Å². The molecule has 0 heterocycles. The highest BCUT2D eigenvalue weighted by atomic mass is 16.6. The van der Waals surface area contributed by atoms with Crippen molar-refractivity contribution in [3.05, 3.63) is 63.7 Å². The Balaban J connectivity index is 2.14. The molecule has 0 fully saturated rings. The SMILES string of the molecule is CCCCOc1cccc(C(=O)Nc2cc([N+](=O)[O-])ccc2C)c1. The van der Waals surface area contributed by atoms with Crippen LogP contribution < -0.4 is 10.1 Å². The number of hydrogen-bond donors (Lipinski definition) is 1. The number of benzene rings is 2. The van der Waals surface area contributed by atoms with Crippen LogP contribution in [0.1, 0.15) is 35.7 Å². The van der Waals surface area contributed by atoms with E-state index in [-0.39, 0.29) is 11.6 Å². The predicted octanol–water partition coefficient (Wildman–Crippen LogP) is 4.33. The molecule has 0 bridgehead atoms. The number of hydrogen-bond acceptors (Lipinski definition) is 4. The molecule has 126 valence electrons. The standard InChI is InChI=1S/C18H20N2O4/c1-3-4-10-24-16-7-5-6-14(11-16)18(21)19-17-12-15(20(22)23)9-8-13(17)2/h5-9,11-12H,3-4,10H2,1-2H3,(H,19,21). The summed E-state index contributed by atoms with van der Waals surface area (Å²) in [5, 5.41) is 13.6. The van der Waals surface area contributed by atoms with Crippen molar-refractivity contribution < 1.29 is 14.5 Å². The van der Waals surface area contributed by atoms with E-state index in [0.29, 0.717) is 23.6 Å². The zero-order chi connectivity index (χ0) is 17.5. The molecule has 6 nitrogen and oxygen atoms in total. The first-order valence-electron chi connectivity index (χ1n) is 7.80. The van der Waals surface area contributed by atoms with E-state index in [1.165, 1.54) is 12.1 Å². The van der Waals surface area contributed by atoms with Gasteiger partial charge in [0.2, 0.25) is 0 Å². The van der Waals surface area contributed by atoms with Gasteiger partial charge >= 0.3 is 0 Å². The Hall–Kier alpha value is -2.89. The number of aryl methyl sites for hydroxylation is 1. The molecule has 24 heavy (non-hydrogen) atoms. The Labute approximate surface area is 140 Å². The summed E-state index contributed by atoms with van der Waals surface area (Å²) in [5.41, 5.74) is 1.55. The lowest BCUT2D eigenvalue weighted by molar-refractivity contribution is -0.384. The van der Waals surface area contributed by atoms with Crippen molar-refractivity contribution in [2.75, 3.05) is 11.9 Å². The van der Waals surface area contributed by atoms with Crippen molar-refractivity contribution in [2.45, 2.75) is 26.7 Å². The minimum atomic E-state index is -0.489. The van der Waals surface area contributed by atoms with Gasteiger partial charge in [0.15, 0.2) is 0 Å². The van der Waals surface area contributed by atoms with Crippen LogP contribution in [0.15, 0.2) is 42.5 Å². The van der Waals surface area contributed by atoms with Gasteiger partial charge in [0.25, 0.3) is 11.6 Å². The van der Waals surface area contributed by atoms with Crippen LogP contribution in [0.4, 0.5) is 11.4 Å². The first-order chi connectivity index (χ1) is 11.5. The van der Waals surface area contributed by atoms with Crippen LogP contribution in [0.2, 0.25) is 0 Å².